The molecular weight excluding hydrogens is 220 g/mol. The van der Waals surface area contributed by atoms with Gasteiger partial charge in [0.25, 0.3) is 5.91 Å². The lowest BCUT2D eigenvalue weighted by Crippen LogP contribution is -2.52. The highest BCUT2D eigenvalue weighted by Crippen LogP contribution is 2.15. The number of urea groups is 1. The molecular formula is C8H8N2O6. The summed E-state index contributed by atoms with van der Waals surface area (Å²) in [5.74, 6) is -2.16. The van der Waals surface area contributed by atoms with E-state index in [9.17, 15) is 19.2 Å². The van der Waals surface area contributed by atoms with Gasteiger partial charge in [-0.25, -0.2) is 14.4 Å². The fourth-order valence-corrected chi connectivity index (χ4v) is 1.30. The summed E-state index contributed by atoms with van der Waals surface area (Å²) in [6.07, 6.45) is -0.485. The first kappa shape index (κ1) is 10.4. The fraction of sp³-hybridized carbons (Fsp3) is 0.500. The predicted molar refractivity (Wildman–Crippen MR) is 45.0 cm³/mol. The third kappa shape index (κ3) is 1.81. The van der Waals surface area contributed by atoms with Gasteiger partial charge in [0.15, 0.2) is 0 Å². The monoisotopic (exact) mass is 228 g/mol. The van der Waals surface area contributed by atoms with Crippen molar-refractivity contribution in [3.05, 3.63) is 0 Å². The lowest BCUT2D eigenvalue weighted by Gasteiger charge is -2.29. The zero-order chi connectivity index (χ0) is 11.7. The molecule has 2 aliphatic rings. The number of nitrogens with zero attached hydrogens (tertiary/aromatic N) is 2. The first-order valence-electron chi connectivity index (χ1n) is 4.64. The van der Waals surface area contributed by atoms with Gasteiger partial charge < -0.3 is 9.68 Å². The molecule has 8 heteroatoms. The van der Waals surface area contributed by atoms with Crippen molar-refractivity contribution in [2.24, 2.45) is 0 Å². The number of fused-ring (bicyclic) bond motifs is 2. The van der Waals surface area contributed by atoms with Crippen LogP contribution in [0.15, 0.2) is 0 Å². The van der Waals surface area contributed by atoms with Crippen LogP contribution in [0.1, 0.15) is 19.3 Å². The van der Waals surface area contributed by atoms with Gasteiger partial charge in [0.1, 0.15) is 0 Å². The van der Waals surface area contributed by atoms with Gasteiger partial charge in [-0.15, -0.1) is 5.06 Å². The summed E-state index contributed by atoms with van der Waals surface area (Å²) < 4.78 is 0. The molecule has 2 bridgehead atoms. The number of hydrogen-bond donors (Lipinski definition) is 0. The largest absolute Gasteiger partial charge is 0.394 e. The number of rotatable bonds is 0. The van der Waals surface area contributed by atoms with Gasteiger partial charge in [0.2, 0.25) is 0 Å². The second kappa shape index (κ2) is 3.80. The normalized spacial score (nSPS) is 22.0. The van der Waals surface area contributed by atoms with E-state index in [1.54, 1.807) is 0 Å². The molecule has 2 saturated heterocycles. The van der Waals surface area contributed by atoms with Crippen molar-refractivity contribution in [2.45, 2.75) is 19.3 Å². The third-order valence-electron chi connectivity index (χ3n) is 2.08. The smallest absolute Gasteiger partial charge is 0.337 e. The molecule has 0 saturated carbocycles. The van der Waals surface area contributed by atoms with Crippen molar-refractivity contribution >= 4 is 23.9 Å². The Morgan fingerprint density at radius 3 is 2.19 bits per heavy atom. The van der Waals surface area contributed by atoms with E-state index in [-0.39, 0.29) is 25.8 Å². The van der Waals surface area contributed by atoms with E-state index in [2.05, 4.69) is 9.68 Å². The fourth-order valence-electron chi connectivity index (χ4n) is 1.30. The Labute approximate surface area is 89.6 Å². The number of carbonyl (C=O) groups excluding carboxylic acids is 4. The molecule has 2 heterocycles. The molecule has 0 aromatic heterocycles. The van der Waals surface area contributed by atoms with Gasteiger partial charge in [-0.05, 0) is 0 Å². The standard InChI is InChI=1S/C8H8N2O6/c11-5-3-4-9-8(14)10(5)16-7(13)2-1-6(12)15-9/h1-4H2. The van der Waals surface area contributed by atoms with Gasteiger partial charge in [0.05, 0.1) is 25.8 Å². The highest BCUT2D eigenvalue weighted by molar-refractivity contribution is 5.97. The molecule has 16 heavy (non-hydrogen) atoms. The molecule has 0 unspecified atom stereocenters. The van der Waals surface area contributed by atoms with Crippen molar-refractivity contribution in [2.75, 3.05) is 6.54 Å². The molecule has 0 spiro atoms. The van der Waals surface area contributed by atoms with E-state index < -0.39 is 23.9 Å². The van der Waals surface area contributed by atoms with Crippen LogP contribution in [0.2, 0.25) is 0 Å². The van der Waals surface area contributed by atoms with Crippen LogP contribution in [0.25, 0.3) is 0 Å². The van der Waals surface area contributed by atoms with Gasteiger partial charge >= 0.3 is 18.0 Å². The lowest BCUT2D eigenvalue weighted by molar-refractivity contribution is -0.206. The quantitative estimate of drug-likeness (QED) is 0.547. The first-order chi connectivity index (χ1) is 7.58. The summed E-state index contributed by atoms with van der Waals surface area (Å²) >= 11 is 0. The Balaban J connectivity index is 2.26. The van der Waals surface area contributed by atoms with Crippen molar-refractivity contribution in [1.82, 2.24) is 10.1 Å². The van der Waals surface area contributed by atoms with Gasteiger partial charge in [-0.3, -0.25) is 4.79 Å². The topological polar surface area (TPSA) is 93.2 Å². The SMILES string of the molecule is O=C1CCC(=O)ON2C(=O)CCN(O1)C2=O. The van der Waals surface area contributed by atoms with Crippen LogP contribution in [0.3, 0.4) is 0 Å². The minimum absolute atomic E-state index is 0.0303. The Kier molecular flexibility index (Phi) is 2.47. The Morgan fingerprint density at radius 1 is 0.875 bits per heavy atom. The van der Waals surface area contributed by atoms with Crippen molar-refractivity contribution in [3.8, 4) is 0 Å². The van der Waals surface area contributed by atoms with Crippen molar-refractivity contribution < 1.29 is 28.9 Å². The average molecular weight is 228 g/mol. The molecule has 2 rings (SSSR count). The van der Waals surface area contributed by atoms with Crippen LogP contribution in [0.4, 0.5) is 4.79 Å². The molecule has 0 atom stereocenters. The minimum Gasteiger partial charge on any atom is -0.337 e. The van der Waals surface area contributed by atoms with E-state index in [0.29, 0.717) is 10.1 Å². The van der Waals surface area contributed by atoms with Crippen LogP contribution in [0.5, 0.6) is 0 Å². The average Bonchev–Trinajstić information content (AvgIpc) is 2.27. The molecule has 0 aliphatic carbocycles. The molecule has 86 valence electrons. The van der Waals surface area contributed by atoms with E-state index >= 15 is 0 Å². The zero-order valence-electron chi connectivity index (χ0n) is 8.17. The number of carbonyl (C=O) groups is 4. The maximum absolute atomic E-state index is 11.5. The molecule has 3 amide bonds. The summed E-state index contributed by atoms with van der Waals surface area (Å²) in [6, 6.07) is -0.958. The third-order valence-corrected chi connectivity index (χ3v) is 2.08. The summed E-state index contributed by atoms with van der Waals surface area (Å²) in [6.45, 7) is -0.0303. The number of hydrogen-bond acceptors (Lipinski definition) is 6. The van der Waals surface area contributed by atoms with E-state index in [4.69, 9.17) is 0 Å². The summed E-state index contributed by atoms with van der Waals surface area (Å²) in [4.78, 5) is 54.3. The van der Waals surface area contributed by atoms with Crippen LogP contribution in [0, 0.1) is 0 Å². The van der Waals surface area contributed by atoms with Crippen molar-refractivity contribution in [3.63, 3.8) is 0 Å². The molecule has 2 fully saturated rings. The van der Waals surface area contributed by atoms with Gasteiger partial charge in [-0.2, -0.15) is 0 Å². The van der Waals surface area contributed by atoms with E-state index in [1.807, 2.05) is 0 Å². The first-order valence-corrected chi connectivity index (χ1v) is 4.64. The predicted octanol–water partition coefficient (Wildman–Crippen LogP) is -0.649. The highest BCUT2D eigenvalue weighted by atomic mass is 16.8. The molecule has 2 aliphatic heterocycles. The number of imide groups is 1. The second-order valence-corrected chi connectivity index (χ2v) is 3.25. The summed E-state index contributed by atoms with van der Waals surface area (Å²) in [5, 5.41) is 1.03. The van der Waals surface area contributed by atoms with Crippen molar-refractivity contribution in [1.29, 1.82) is 0 Å². The zero-order valence-corrected chi connectivity index (χ0v) is 8.17. The van der Waals surface area contributed by atoms with Gasteiger partial charge in [-0.1, -0.05) is 5.06 Å². The van der Waals surface area contributed by atoms with Crippen LogP contribution >= 0.6 is 0 Å². The van der Waals surface area contributed by atoms with Crippen LogP contribution in [-0.4, -0.2) is 40.5 Å². The van der Waals surface area contributed by atoms with Crippen LogP contribution < -0.4 is 0 Å². The molecule has 0 N–H and O–H groups in total. The minimum atomic E-state index is -0.958. The maximum Gasteiger partial charge on any atom is 0.394 e. The molecule has 0 radical (unpaired) electrons. The Hall–Kier alpha value is -2.12. The molecule has 8 nitrogen and oxygen atoms in total. The maximum atomic E-state index is 11.5. The highest BCUT2D eigenvalue weighted by Gasteiger charge is 2.39. The number of amides is 3. The van der Waals surface area contributed by atoms with E-state index in [0.717, 1.165) is 0 Å². The lowest BCUT2D eigenvalue weighted by atomic mass is 10.3. The summed E-state index contributed by atoms with van der Waals surface area (Å²) in [5.41, 5.74) is 0. The molecule has 0 aromatic rings. The Morgan fingerprint density at radius 2 is 1.50 bits per heavy atom. The summed E-state index contributed by atoms with van der Waals surface area (Å²) in [7, 11) is 0. The van der Waals surface area contributed by atoms with Crippen LogP contribution in [-0.2, 0) is 24.1 Å². The van der Waals surface area contributed by atoms with Gasteiger partial charge in [0, 0.05) is 0 Å². The Bertz CT molecular complexity index is 379. The number of hydroxylamine groups is 4. The van der Waals surface area contributed by atoms with E-state index in [1.165, 1.54) is 0 Å². The second-order valence-electron chi connectivity index (χ2n) is 3.25. The molecule has 0 aromatic carbocycles.